The van der Waals surface area contributed by atoms with Gasteiger partial charge in [-0.2, -0.15) is 0 Å². The third-order valence-corrected chi connectivity index (χ3v) is 4.15. The first-order valence-electron chi connectivity index (χ1n) is 7.11. The predicted octanol–water partition coefficient (Wildman–Crippen LogP) is 2.99. The Morgan fingerprint density at radius 3 is 2.46 bits per heavy atom. The molecular formula is C17H16N2O4S. The molecule has 0 unspecified atom stereocenters. The highest BCUT2D eigenvalue weighted by Crippen LogP contribution is 2.35. The summed E-state index contributed by atoms with van der Waals surface area (Å²) in [4.78, 5) is 4.36. The van der Waals surface area contributed by atoms with Crippen LogP contribution in [0.3, 0.4) is 0 Å². The zero-order chi connectivity index (χ0) is 17.3. The minimum atomic E-state index is -3.30. The maximum absolute atomic E-state index is 11.2. The second-order valence-corrected chi connectivity index (χ2v) is 7.11. The molecule has 0 saturated carbocycles. The lowest BCUT2D eigenvalue weighted by Crippen LogP contribution is -2.09. The van der Waals surface area contributed by atoms with Crippen molar-refractivity contribution in [3.63, 3.8) is 0 Å². The molecule has 7 heteroatoms. The number of aromatic nitrogens is 1. The molecule has 0 aliphatic rings. The Morgan fingerprint density at radius 1 is 1.12 bits per heavy atom. The van der Waals surface area contributed by atoms with Gasteiger partial charge in [-0.3, -0.25) is 9.71 Å². The Balaban J connectivity index is 1.98. The molecule has 1 aromatic heterocycles. The summed E-state index contributed by atoms with van der Waals surface area (Å²) < 4.78 is 30.0. The predicted molar refractivity (Wildman–Crippen MR) is 93.9 cm³/mol. The van der Waals surface area contributed by atoms with E-state index in [1.807, 2.05) is 12.1 Å². The number of hydrogen-bond donors (Lipinski definition) is 2. The summed E-state index contributed by atoms with van der Waals surface area (Å²) in [6, 6.07) is 12.3. The number of rotatable bonds is 4. The molecule has 124 valence electrons. The van der Waals surface area contributed by atoms with Crippen LogP contribution in [0.2, 0.25) is 0 Å². The van der Waals surface area contributed by atoms with Crippen molar-refractivity contribution >= 4 is 26.5 Å². The van der Waals surface area contributed by atoms with E-state index in [9.17, 15) is 13.5 Å². The fraction of sp³-hybridized carbons (Fsp3) is 0.118. The van der Waals surface area contributed by atoms with Crippen LogP contribution in [-0.4, -0.2) is 31.9 Å². The normalized spacial score (nSPS) is 11.4. The van der Waals surface area contributed by atoms with Crippen molar-refractivity contribution in [2.45, 2.75) is 0 Å². The Labute approximate surface area is 139 Å². The van der Waals surface area contributed by atoms with E-state index < -0.39 is 10.0 Å². The van der Waals surface area contributed by atoms with Crippen LogP contribution in [0.5, 0.6) is 11.5 Å². The minimum absolute atomic E-state index is 0.0572. The molecule has 3 rings (SSSR count). The highest BCUT2D eigenvalue weighted by molar-refractivity contribution is 7.92. The van der Waals surface area contributed by atoms with Gasteiger partial charge in [0, 0.05) is 22.8 Å². The third-order valence-electron chi connectivity index (χ3n) is 3.54. The van der Waals surface area contributed by atoms with E-state index in [0.29, 0.717) is 16.8 Å². The summed E-state index contributed by atoms with van der Waals surface area (Å²) in [6.45, 7) is 0. The molecule has 0 radical (unpaired) electrons. The molecule has 2 N–H and O–H groups in total. The van der Waals surface area contributed by atoms with Gasteiger partial charge in [0.15, 0.2) is 11.5 Å². The van der Waals surface area contributed by atoms with E-state index in [4.69, 9.17) is 4.74 Å². The average Bonchev–Trinajstić information content (AvgIpc) is 2.54. The number of hydrogen-bond acceptors (Lipinski definition) is 5. The monoisotopic (exact) mass is 344 g/mol. The van der Waals surface area contributed by atoms with Crippen molar-refractivity contribution < 1.29 is 18.3 Å². The van der Waals surface area contributed by atoms with Gasteiger partial charge in [-0.05, 0) is 29.7 Å². The van der Waals surface area contributed by atoms with Crippen molar-refractivity contribution in [3.8, 4) is 22.8 Å². The van der Waals surface area contributed by atoms with Crippen LogP contribution in [0.1, 0.15) is 0 Å². The largest absolute Gasteiger partial charge is 0.504 e. The van der Waals surface area contributed by atoms with Crippen LogP contribution in [0.25, 0.3) is 22.0 Å². The summed E-state index contributed by atoms with van der Waals surface area (Å²) in [5, 5.41) is 11.6. The molecule has 6 nitrogen and oxygen atoms in total. The minimum Gasteiger partial charge on any atom is -0.504 e. The number of methoxy groups -OCH3 is 1. The lowest BCUT2D eigenvalue weighted by molar-refractivity contribution is 0.376. The van der Waals surface area contributed by atoms with Crippen molar-refractivity contribution in [1.29, 1.82) is 0 Å². The number of anilines is 1. The first kappa shape index (κ1) is 16.1. The standard InChI is InChI=1S/C17H16N2O4S/c1-23-16-8-5-12-9-15(18-10-14(12)17(16)20)11-3-6-13(7-4-11)19-24(2,21)22/h3-10,19-20H,1-2H3. The molecule has 3 aromatic rings. The number of benzene rings is 2. The van der Waals surface area contributed by atoms with Gasteiger partial charge >= 0.3 is 0 Å². The summed E-state index contributed by atoms with van der Waals surface area (Å²) in [5.74, 6) is 0.454. The Kier molecular flexibility index (Phi) is 4.02. The van der Waals surface area contributed by atoms with E-state index in [1.54, 1.807) is 36.5 Å². The fourth-order valence-electron chi connectivity index (χ4n) is 2.43. The molecule has 0 amide bonds. The fourth-order valence-corrected chi connectivity index (χ4v) is 2.99. The molecule has 2 aromatic carbocycles. The Hall–Kier alpha value is -2.80. The highest BCUT2D eigenvalue weighted by Gasteiger charge is 2.09. The number of fused-ring (bicyclic) bond motifs is 1. The summed E-state index contributed by atoms with van der Waals surface area (Å²) in [6.07, 6.45) is 2.69. The molecule has 0 saturated heterocycles. The van der Waals surface area contributed by atoms with Crippen LogP contribution in [0.4, 0.5) is 5.69 Å². The number of aromatic hydroxyl groups is 1. The topological polar surface area (TPSA) is 88.5 Å². The maximum atomic E-state index is 11.2. The van der Waals surface area contributed by atoms with Gasteiger partial charge in [0.1, 0.15) is 0 Å². The van der Waals surface area contributed by atoms with E-state index in [0.717, 1.165) is 22.9 Å². The van der Waals surface area contributed by atoms with E-state index in [2.05, 4.69) is 9.71 Å². The molecule has 0 atom stereocenters. The van der Waals surface area contributed by atoms with Crippen LogP contribution < -0.4 is 9.46 Å². The zero-order valence-electron chi connectivity index (χ0n) is 13.1. The molecule has 1 heterocycles. The Morgan fingerprint density at radius 2 is 1.83 bits per heavy atom. The number of sulfonamides is 1. The van der Waals surface area contributed by atoms with E-state index in [-0.39, 0.29) is 5.75 Å². The SMILES string of the molecule is COc1ccc2cc(-c3ccc(NS(C)(=O)=O)cc3)ncc2c1O. The number of ether oxygens (including phenoxy) is 1. The van der Waals surface area contributed by atoms with Crippen molar-refractivity contribution in [2.75, 3.05) is 18.1 Å². The maximum Gasteiger partial charge on any atom is 0.229 e. The second kappa shape index (κ2) is 6.01. The lowest BCUT2D eigenvalue weighted by atomic mass is 10.1. The third kappa shape index (κ3) is 3.26. The van der Waals surface area contributed by atoms with Crippen LogP contribution in [0.15, 0.2) is 48.7 Å². The molecule has 0 fully saturated rings. The number of phenols is 1. The van der Waals surface area contributed by atoms with Crippen LogP contribution in [-0.2, 0) is 10.0 Å². The van der Waals surface area contributed by atoms with Gasteiger partial charge in [-0.25, -0.2) is 8.42 Å². The number of nitrogens with one attached hydrogen (secondary N) is 1. The molecular weight excluding hydrogens is 328 g/mol. The van der Waals surface area contributed by atoms with E-state index in [1.165, 1.54) is 7.11 Å². The lowest BCUT2D eigenvalue weighted by Gasteiger charge is -2.09. The molecule has 0 aliphatic heterocycles. The number of pyridine rings is 1. The van der Waals surface area contributed by atoms with Gasteiger partial charge in [0.05, 0.1) is 19.1 Å². The first-order valence-corrected chi connectivity index (χ1v) is 9.00. The number of nitrogens with zero attached hydrogens (tertiary/aromatic N) is 1. The molecule has 0 bridgehead atoms. The van der Waals surface area contributed by atoms with Crippen molar-refractivity contribution in [3.05, 3.63) is 48.7 Å². The van der Waals surface area contributed by atoms with Gasteiger partial charge in [-0.15, -0.1) is 0 Å². The number of phenolic OH excluding ortho intramolecular Hbond substituents is 1. The summed E-state index contributed by atoms with van der Waals surface area (Å²) in [7, 11) is -1.81. The summed E-state index contributed by atoms with van der Waals surface area (Å²) in [5.41, 5.74) is 2.05. The molecule has 0 aliphatic carbocycles. The molecule has 0 spiro atoms. The first-order chi connectivity index (χ1) is 11.4. The van der Waals surface area contributed by atoms with Crippen LogP contribution >= 0.6 is 0 Å². The highest BCUT2D eigenvalue weighted by atomic mass is 32.2. The van der Waals surface area contributed by atoms with E-state index >= 15 is 0 Å². The summed E-state index contributed by atoms with van der Waals surface area (Å²) >= 11 is 0. The van der Waals surface area contributed by atoms with Crippen LogP contribution in [0, 0.1) is 0 Å². The van der Waals surface area contributed by atoms with Gasteiger partial charge < -0.3 is 9.84 Å². The van der Waals surface area contributed by atoms with Crippen molar-refractivity contribution in [2.24, 2.45) is 0 Å². The average molecular weight is 344 g/mol. The second-order valence-electron chi connectivity index (χ2n) is 5.36. The van der Waals surface area contributed by atoms with Gasteiger partial charge in [-0.1, -0.05) is 18.2 Å². The zero-order valence-corrected chi connectivity index (χ0v) is 14.0. The van der Waals surface area contributed by atoms with Crippen molar-refractivity contribution in [1.82, 2.24) is 4.98 Å². The quantitative estimate of drug-likeness (QED) is 0.759. The Bertz CT molecular complexity index is 999. The smallest absolute Gasteiger partial charge is 0.229 e. The molecule has 24 heavy (non-hydrogen) atoms. The van der Waals surface area contributed by atoms with Gasteiger partial charge in [0.25, 0.3) is 0 Å². The van der Waals surface area contributed by atoms with Gasteiger partial charge in [0.2, 0.25) is 10.0 Å².